The Bertz CT molecular complexity index is 394. The summed E-state index contributed by atoms with van der Waals surface area (Å²) < 4.78 is 1.64. The zero-order valence-corrected chi connectivity index (χ0v) is 7.58. The second kappa shape index (κ2) is 3.87. The number of hydrogen-bond donors (Lipinski definition) is 0. The third-order valence-corrected chi connectivity index (χ3v) is 2.08. The van der Waals surface area contributed by atoms with Gasteiger partial charge in [-0.3, -0.25) is 4.68 Å². The zero-order valence-electron chi connectivity index (χ0n) is 7.58. The van der Waals surface area contributed by atoms with Crippen molar-refractivity contribution >= 4 is 6.29 Å². The molecule has 0 radical (unpaired) electrons. The lowest BCUT2D eigenvalue weighted by Gasteiger charge is -2.10. The van der Waals surface area contributed by atoms with Crippen molar-refractivity contribution in [2.75, 3.05) is 0 Å². The van der Waals surface area contributed by atoms with Gasteiger partial charge in [0.2, 0.25) is 0 Å². The topological polar surface area (TPSA) is 34.9 Å². The van der Waals surface area contributed by atoms with Crippen LogP contribution in [0.1, 0.15) is 11.6 Å². The molecule has 1 aromatic carbocycles. The van der Waals surface area contributed by atoms with Gasteiger partial charge in [-0.15, -0.1) is 0 Å². The predicted octanol–water partition coefficient (Wildman–Crippen LogP) is 1.67. The molecule has 1 heterocycles. The van der Waals surface area contributed by atoms with E-state index in [1.54, 1.807) is 23.1 Å². The molecular formula is C11H10N2O. The molecule has 70 valence electrons. The number of aldehydes is 1. The molecule has 0 N–H and O–H groups in total. The van der Waals surface area contributed by atoms with Gasteiger partial charge in [0, 0.05) is 12.4 Å². The normalized spacial score (nSPS) is 12.3. The van der Waals surface area contributed by atoms with E-state index in [4.69, 9.17) is 0 Å². The Morgan fingerprint density at radius 3 is 2.57 bits per heavy atom. The third kappa shape index (κ3) is 1.57. The Hall–Kier alpha value is -1.90. The second-order valence-corrected chi connectivity index (χ2v) is 2.98. The Balaban J connectivity index is 2.36. The molecule has 0 fully saturated rings. The van der Waals surface area contributed by atoms with Crippen LogP contribution in [-0.4, -0.2) is 16.1 Å². The number of carbonyl (C=O) groups is 1. The van der Waals surface area contributed by atoms with E-state index in [1.807, 2.05) is 30.3 Å². The third-order valence-electron chi connectivity index (χ3n) is 2.08. The fourth-order valence-electron chi connectivity index (χ4n) is 1.39. The maximum atomic E-state index is 10.9. The molecule has 0 amide bonds. The van der Waals surface area contributed by atoms with Crippen molar-refractivity contribution in [3.63, 3.8) is 0 Å². The molecule has 1 atom stereocenters. The summed E-state index contributed by atoms with van der Waals surface area (Å²) >= 11 is 0. The van der Waals surface area contributed by atoms with E-state index in [9.17, 15) is 4.79 Å². The molecular weight excluding hydrogens is 176 g/mol. The first-order chi connectivity index (χ1) is 6.92. The molecule has 0 bridgehead atoms. The van der Waals surface area contributed by atoms with Crippen molar-refractivity contribution in [2.45, 2.75) is 6.04 Å². The number of carbonyl (C=O) groups excluding carboxylic acids is 1. The molecule has 14 heavy (non-hydrogen) atoms. The first-order valence-corrected chi connectivity index (χ1v) is 4.41. The number of nitrogens with zero attached hydrogens (tertiary/aromatic N) is 2. The van der Waals surface area contributed by atoms with E-state index >= 15 is 0 Å². The average molecular weight is 186 g/mol. The van der Waals surface area contributed by atoms with Crippen LogP contribution < -0.4 is 0 Å². The lowest BCUT2D eigenvalue weighted by molar-refractivity contribution is -0.109. The standard InChI is InChI=1S/C11H10N2O/c14-9-11(13-8-4-7-12-13)10-5-2-1-3-6-10/h1-9,11H. The smallest absolute Gasteiger partial charge is 0.149 e. The molecule has 0 aliphatic heterocycles. The van der Waals surface area contributed by atoms with Crippen LogP contribution in [0.25, 0.3) is 0 Å². The van der Waals surface area contributed by atoms with Crippen LogP contribution in [0.5, 0.6) is 0 Å². The van der Waals surface area contributed by atoms with Crippen LogP contribution in [0.2, 0.25) is 0 Å². The van der Waals surface area contributed by atoms with Gasteiger partial charge in [0.25, 0.3) is 0 Å². The van der Waals surface area contributed by atoms with E-state index in [2.05, 4.69) is 5.10 Å². The van der Waals surface area contributed by atoms with Crippen molar-refractivity contribution in [3.8, 4) is 0 Å². The minimum Gasteiger partial charge on any atom is -0.301 e. The van der Waals surface area contributed by atoms with E-state index < -0.39 is 0 Å². The van der Waals surface area contributed by atoms with Crippen LogP contribution in [-0.2, 0) is 4.79 Å². The summed E-state index contributed by atoms with van der Waals surface area (Å²) in [7, 11) is 0. The number of hydrogen-bond acceptors (Lipinski definition) is 2. The summed E-state index contributed by atoms with van der Waals surface area (Å²) in [6.45, 7) is 0. The first kappa shape index (κ1) is 8.69. The van der Waals surface area contributed by atoms with Crippen molar-refractivity contribution in [1.82, 2.24) is 9.78 Å². The molecule has 2 rings (SSSR count). The summed E-state index contributed by atoms with van der Waals surface area (Å²) in [6, 6.07) is 11.1. The van der Waals surface area contributed by atoms with Gasteiger partial charge >= 0.3 is 0 Å². The highest BCUT2D eigenvalue weighted by molar-refractivity contribution is 5.61. The molecule has 1 unspecified atom stereocenters. The Labute approximate surface area is 82.0 Å². The molecule has 3 nitrogen and oxygen atoms in total. The van der Waals surface area contributed by atoms with Crippen LogP contribution in [0.3, 0.4) is 0 Å². The first-order valence-electron chi connectivity index (χ1n) is 4.41. The maximum Gasteiger partial charge on any atom is 0.149 e. The lowest BCUT2D eigenvalue weighted by Crippen LogP contribution is -2.12. The molecule has 3 heteroatoms. The van der Waals surface area contributed by atoms with Gasteiger partial charge in [-0.2, -0.15) is 5.10 Å². The minimum absolute atomic E-state index is 0.314. The highest BCUT2D eigenvalue weighted by atomic mass is 16.1. The molecule has 0 saturated carbocycles. The van der Waals surface area contributed by atoms with E-state index in [-0.39, 0.29) is 6.04 Å². The van der Waals surface area contributed by atoms with E-state index in [1.165, 1.54) is 0 Å². The average Bonchev–Trinajstić information content (AvgIpc) is 2.74. The van der Waals surface area contributed by atoms with Gasteiger partial charge in [-0.05, 0) is 11.6 Å². The Kier molecular flexibility index (Phi) is 2.40. The summed E-state index contributed by atoms with van der Waals surface area (Å²) in [4.78, 5) is 10.9. The van der Waals surface area contributed by atoms with Gasteiger partial charge in [0.15, 0.2) is 0 Å². The number of rotatable bonds is 3. The van der Waals surface area contributed by atoms with Crippen LogP contribution in [0.4, 0.5) is 0 Å². The summed E-state index contributed by atoms with van der Waals surface area (Å²) in [5.74, 6) is 0. The molecule has 0 aliphatic carbocycles. The quantitative estimate of drug-likeness (QED) is 0.683. The molecule has 0 saturated heterocycles. The zero-order chi connectivity index (χ0) is 9.80. The van der Waals surface area contributed by atoms with Crippen LogP contribution in [0, 0.1) is 0 Å². The molecule has 2 aromatic rings. The van der Waals surface area contributed by atoms with Crippen molar-refractivity contribution in [1.29, 1.82) is 0 Å². The lowest BCUT2D eigenvalue weighted by atomic mass is 10.1. The minimum atomic E-state index is -0.314. The van der Waals surface area contributed by atoms with Crippen molar-refractivity contribution < 1.29 is 4.79 Å². The van der Waals surface area contributed by atoms with Crippen LogP contribution >= 0.6 is 0 Å². The molecule has 0 aliphatic rings. The molecule has 0 spiro atoms. The van der Waals surface area contributed by atoms with E-state index in [0.717, 1.165) is 11.8 Å². The second-order valence-electron chi connectivity index (χ2n) is 2.98. The fourth-order valence-corrected chi connectivity index (χ4v) is 1.39. The van der Waals surface area contributed by atoms with Crippen LogP contribution in [0.15, 0.2) is 48.8 Å². The number of benzene rings is 1. The maximum absolute atomic E-state index is 10.9. The summed E-state index contributed by atoms with van der Waals surface area (Å²) in [6.07, 6.45) is 4.34. The largest absolute Gasteiger partial charge is 0.301 e. The van der Waals surface area contributed by atoms with Gasteiger partial charge in [-0.1, -0.05) is 30.3 Å². The Morgan fingerprint density at radius 1 is 1.21 bits per heavy atom. The number of aromatic nitrogens is 2. The van der Waals surface area contributed by atoms with Gasteiger partial charge in [0.05, 0.1) is 0 Å². The summed E-state index contributed by atoms with van der Waals surface area (Å²) in [5.41, 5.74) is 0.950. The Morgan fingerprint density at radius 2 is 2.00 bits per heavy atom. The monoisotopic (exact) mass is 186 g/mol. The highest BCUT2D eigenvalue weighted by Crippen LogP contribution is 2.13. The fraction of sp³-hybridized carbons (Fsp3) is 0.0909. The summed E-state index contributed by atoms with van der Waals surface area (Å²) in [5, 5.41) is 4.05. The SMILES string of the molecule is O=CC(c1ccccc1)n1cccn1. The van der Waals surface area contributed by atoms with Gasteiger partial charge < -0.3 is 4.79 Å². The van der Waals surface area contributed by atoms with E-state index in [0.29, 0.717) is 0 Å². The van der Waals surface area contributed by atoms with Gasteiger partial charge in [0.1, 0.15) is 12.3 Å². The highest BCUT2D eigenvalue weighted by Gasteiger charge is 2.11. The van der Waals surface area contributed by atoms with Gasteiger partial charge in [-0.25, -0.2) is 0 Å². The predicted molar refractivity (Wildman–Crippen MR) is 52.9 cm³/mol. The van der Waals surface area contributed by atoms with Crippen molar-refractivity contribution in [2.24, 2.45) is 0 Å². The molecule has 1 aromatic heterocycles. The van der Waals surface area contributed by atoms with Crippen molar-refractivity contribution in [3.05, 3.63) is 54.4 Å².